The molecule has 0 unspecified atom stereocenters. The average Bonchev–Trinajstić information content (AvgIpc) is 3.49. The molecule has 4 aromatic carbocycles. The van der Waals surface area contributed by atoms with E-state index >= 15 is 0 Å². The van der Waals surface area contributed by atoms with E-state index in [1.807, 2.05) is 48.7 Å². The van der Waals surface area contributed by atoms with Gasteiger partial charge in [0.15, 0.2) is 5.16 Å². The topological polar surface area (TPSA) is 178 Å². The number of anilines is 1. The van der Waals surface area contributed by atoms with E-state index in [2.05, 4.69) is 56.5 Å². The van der Waals surface area contributed by atoms with Crippen LogP contribution in [0.15, 0.2) is 111 Å². The number of aromatic amines is 1. The van der Waals surface area contributed by atoms with Crippen LogP contribution in [0.2, 0.25) is 0 Å². The Morgan fingerprint density at radius 3 is 2.17 bits per heavy atom. The van der Waals surface area contributed by atoms with Crippen LogP contribution in [0.3, 0.4) is 0 Å². The maximum absolute atomic E-state index is 11.6. The molecule has 10 nitrogen and oxygen atoms in total. The van der Waals surface area contributed by atoms with Crippen LogP contribution in [0.5, 0.6) is 0 Å². The molecule has 0 aliphatic rings. The number of carbonyl (C=O) groups excluding carboxylic acids is 2. The van der Waals surface area contributed by atoms with Crippen LogP contribution in [0.4, 0.5) is 5.82 Å². The van der Waals surface area contributed by atoms with Crippen molar-refractivity contribution in [3.63, 3.8) is 0 Å². The second kappa shape index (κ2) is 15.2. The smallest absolute Gasteiger partial charge is 0.265 e. The molecule has 0 aliphatic carbocycles. The number of hydrazine groups is 2. The Labute approximate surface area is 278 Å². The van der Waals surface area contributed by atoms with Crippen molar-refractivity contribution in [1.82, 2.24) is 25.8 Å². The van der Waals surface area contributed by atoms with Crippen molar-refractivity contribution in [2.45, 2.75) is 26.3 Å². The Balaban J connectivity index is 0.000000182. The average molecular weight is 669 g/mol. The summed E-state index contributed by atoms with van der Waals surface area (Å²) >= 11 is 4.72. The largest absolute Gasteiger partial charge is 0.383 e. The number of hydrogen-bond acceptors (Lipinski definition) is 10. The molecule has 0 saturated carbocycles. The van der Waals surface area contributed by atoms with Crippen molar-refractivity contribution in [2.75, 3.05) is 18.2 Å². The van der Waals surface area contributed by atoms with Crippen LogP contribution in [0.1, 0.15) is 31.8 Å². The number of nitrogen functional groups attached to an aromatic ring is 3. The fourth-order valence-electron chi connectivity index (χ4n) is 4.69. The normalized spacial score (nSPS) is 10.8. The van der Waals surface area contributed by atoms with Gasteiger partial charge in [0.1, 0.15) is 5.82 Å². The molecular weight excluding hydrogens is 637 g/mol. The van der Waals surface area contributed by atoms with Gasteiger partial charge in [0.2, 0.25) is 0 Å². The first-order chi connectivity index (χ1) is 22.3. The summed E-state index contributed by atoms with van der Waals surface area (Å²) in [6.45, 7) is 0. The molecular formula is C33H32N8O2S3. The quantitative estimate of drug-likeness (QED) is 0.0383. The van der Waals surface area contributed by atoms with E-state index in [1.54, 1.807) is 36.0 Å². The molecule has 2 amide bonds. The number of carbonyl (C=O) groups is 2. The first kappa shape index (κ1) is 32.9. The van der Waals surface area contributed by atoms with Gasteiger partial charge in [-0.2, -0.15) is 0 Å². The molecule has 0 fully saturated rings. The van der Waals surface area contributed by atoms with Crippen LogP contribution in [0, 0.1) is 0 Å². The third-order valence-corrected chi connectivity index (χ3v) is 9.29. The van der Waals surface area contributed by atoms with E-state index in [4.69, 9.17) is 17.4 Å². The molecule has 46 heavy (non-hydrogen) atoms. The molecule has 2 heterocycles. The predicted octanol–water partition coefficient (Wildman–Crippen LogP) is 5.77. The van der Waals surface area contributed by atoms with Crippen molar-refractivity contribution in [2.24, 2.45) is 11.7 Å². The molecule has 13 heteroatoms. The van der Waals surface area contributed by atoms with Gasteiger partial charge < -0.3 is 10.7 Å². The number of nitrogens with one attached hydrogen (secondary N) is 3. The van der Waals surface area contributed by atoms with Gasteiger partial charge in [0.05, 0.1) is 5.52 Å². The van der Waals surface area contributed by atoms with E-state index in [0.717, 1.165) is 38.2 Å². The van der Waals surface area contributed by atoms with Gasteiger partial charge in [-0.25, -0.2) is 21.7 Å². The van der Waals surface area contributed by atoms with Crippen LogP contribution in [-0.4, -0.2) is 39.3 Å². The number of nitrogens with zero attached hydrogens (tertiary/aromatic N) is 2. The first-order valence-electron chi connectivity index (χ1n) is 14.0. The molecule has 0 aliphatic heterocycles. The minimum atomic E-state index is -0.321. The summed E-state index contributed by atoms with van der Waals surface area (Å²) < 4.78 is 0. The van der Waals surface area contributed by atoms with Crippen molar-refractivity contribution in [3.8, 4) is 0 Å². The van der Waals surface area contributed by atoms with Gasteiger partial charge in [-0.05, 0) is 96.8 Å². The second-order valence-corrected chi connectivity index (χ2v) is 12.8. The highest BCUT2D eigenvalue weighted by molar-refractivity contribution is 7.99. The van der Waals surface area contributed by atoms with Crippen molar-refractivity contribution >= 4 is 74.7 Å². The highest BCUT2D eigenvalue weighted by atomic mass is 32.2. The zero-order valence-corrected chi connectivity index (χ0v) is 27.5. The first-order valence-corrected chi connectivity index (χ1v) is 17.2. The monoisotopic (exact) mass is 668 g/mol. The van der Waals surface area contributed by atoms with Crippen LogP contribution < -0.4 is 28.3 Å². The SMILES string of the molecule is CSc1ccc2[nH]cc(Cc3ccc(C(=O)NN)cc3)c2c1.CSc1nc(N)c2cc(Sc3cccc(C(=O)NN)c3)ccc2n1. The third kappa shape index (κ3) is 7.81. The summed E-state index contributed by atoms with van der Waals surface area (Å²) in [6.07, 6.45) is 6.86. The lowest BCUT2D eigenvalue weighted by Crippen LogP contribution is -2.29. The second-order valence-electron chi connectivity index (χ2n) is 9.95. The maximum Gasteiger partial charge on any atom is 0.265 e. The summed E-state index contributed by atoms with van der Waals surface area (Å²) in [4.78, 5) is 38.3. The fraction of sp³-hybridized carbons (Fsp3) is 0.0909. The lowest BCUT2D eigenvalue weighted by Gasteiger charge is -2.07. The number of amides is 2. The molecule has 2 aromatic heterocycles. The molecule has 0 spiro atoms. The molecule has 0 atom stereocenters. The van der Waals surface area contributed by atoms with Gasteiger partial charge in [0, 0.05) is 48.3 Å². The Hall–Kier alpha value is -4.53. The van der Waals surface area contributed by atoms with Crippen molar-refractivity contribution in [3.05, 3.63) is 113 Å². The van der Waals surface area contributed by atoms with E-state index < -0.39 is 0 Å². The molecule has 0 radical (unpaired) electrons. The molecule has 0 saturated heterocycles. The highest BCUT2D eigenvalue weighted by Crippen LogP contribution is 2.32. The zero-order valence-electron chi connectivity index (χ0n) is 25.0. The summed E-state index contributed by atoms with van der Waals surface area (Å²) in [7, 11) is 0. The van der Waals surface area contributed by atoms with Crippen LogP contribution in [-0.2, 0) is 6.42 Å². The number of H-pyrrole nitrogens is 1. The van der Waals surface area contributed by atoms with Gasteiger partial charge in [-0.1, -0.05) is 41.7 Å². The van der Waals surface area contributed by atoms with Crippen LogP contribution >= 0.6 is 35.3 Å². The number of fused-ring (bicyclic) bond motifs is 2. The maximum atomic E-state index is 11.6. The fourth-order valence-corrected chi connectivity index (χ4v) is 6.43. The number of hydrogen-bond donors (Lipinski definition) is 6. The molecule has 234 valence electrons. The van der Waals surface area contributed by atoms with Crippen molar-refractivity contribution in [1.29, 1.82) is 0 Å². The Morgan fingerprint density at radius 1 is 0.761 bits per heavy atom. The summed E-state index contributed by atoms with van der Waals surface area (Å²) in [5.41, 5.74) is 15.7. The molecule has 6 rings (SSSR count). The molecule has 9 N–H and O–H groups in total. The number of aromatic nitrogens is 3. The van der Waals surface area contributed by atoms with Gasteiger partial charge in [0.25, 0.3) is 11.8 Å². The minimum Gasteiger partial charge on any atom is -0.383 e. The van der Waals surface area contributed by atoms with E-state index in [-0.39, 0.29) is 11.8 Å². The minimum absolute atomic E-state index is 0.275. The van der Waals surface area contributed by atoms with Crippen molar-refractivity contribution < 1.29 is 9.59 Å². The third-order valence-electron chi connectivity index (χ3n) is 7.04. The Morgan fingerprint density at radius 2 is 1.46 bits per heavy atom. The van der Waals surface area contributed by atoms with E-state index in [1.165, 1.54) is 39.4 Å². The number of nitrogens with two attached hydrogens (primary N) is 3. The Kier molecular flexibility index (Phi) is 10.8. The highest BCUT2D eigenvalue weighted by Gasteiger charge is 2.10. The number of benzene rings is 4. The number of rotatable bonds is 8. The lowest BCUT2D eigenvalue weighted by atomic mass is 10.0. The summed E-state index contributed by atoms with van der Waals surface area (Å²) in [5.74, 6) is 10.2. The standard InChI is InChI=1S/C17H17N3OS.C16H15N5OS2/c1-22-14-6-7-16-15(9-14)13(10-19-16)8-11-2-4-12(5-3-11)17(21)20-18;1-23-16-19-13-6-5-11(8-12(13)14(17)20-16)24-10-4-2-3-9(7-10)15(22)21-18/h2-7,9-10,19H,8,18H2,1H3,(H,20,21);2-8H,18H2,1H3,(H,21,22)(H2,17,19,20). The van der Waals surface area contributed by atoms with Gasteiger partial charge in [-0.15, -0.1) is 11.8 Å². The predicted molar refractivity (Wildman–Crippen MR) is 189 cm³/mol. The van der Waals surface area contributed by atoms with Gasteiger partial charge in [-0.3, -0.25) is 20.4 Å². The van der Waals surface area contributed by atoms with Gasteiger partial charge >= 0.3 is 0 Å². The number of thioether (sulfide) groups is 2. The summed E-state index contributed by atoms with van der Waals surface area (Å²) in [5, 5.41) is 2.71. The van der Waals surface area contributed by atoms with Crippen LogP contribution in [0.25, 0.3) is 21.8 Å². The molecule has 0 bridgehead atoms. The molecule has 6 aromatic rings. The zero-order chi connectivity index (χ0) is 32.6. The van der Waals surface area contributed by atoms with E-state index in [9.17, 15) is 9.59 Å². The lowest BCUT2D eigenvalue weighted by molar-refractivity contribution is 0.0945. The summed E-state index contributed by atoms with van der Waals surface area (Å²) in [6, 6.07) is 27.0. The van der Waals surface area contributed by atoms with E-state index in [0.29, 0.717) is 22.1 Å². The Bertz CT molecular complexity index is 2010.